The summed E-state index contributed by atoms with van der Waals surface area (Å²) in [6.45, 7) is 4.90. The number of allylic oxidation sites excluding steroid dienone is 2. The minimum absolute atomic E-state index is 0.255. The Morgan fingerprint density at radius 1 is 1.08 bits per heavy atom. The largest absolute Gasteiger partial charge is 0.422 e. The zero-order valence-electron chi connectivity index (χ0n) is 21.9. The van der Waals surface area contributed by atoms with Gasteiger partial charge in [-0.05, 0) is 81.4 Å². The van der Waals surface area contributed by atoms with E-state index in [9.17, 15) is 13.2 Å². The normalized spacial score (nSPS) is 17.0. The van der Waals surface area contributed by atoms with Crippen LogP contribution >= 0.6 is 0 Å². The first-order valence-corrected chi connectivity index (χ1v) is 14.9. The van der Waals surface area contributed by atoms with Crippen LogP contribution in [0.4, 0.5) is 5.69 Å². The van der Waals surface area contributed by atoms with Gasteiger partial charge < -0.3 is 4.42 Å². The van der Waals surface area contributed by atoms with E-state index in [0.29, 0.717) is 30.5 Å². The Morgan fingerprint density at radius 3 is 2.71 bits per heavy atom. The maximum absolute atomic E-state index is 13.0. The number of nitrogens with zero attached hydrogens (tertiary/aromatic N) is 1. The molecule has 0 saturated heterocycles. The molecule has 1 N–H and O–H groups in total. The number of para-hydroxylation sites is 1. The predicted molar refractivity (Wildman–Crippen MR) is 153 cm³/mol. The van der Waals surface area contributed by atoms with Crippen molar-refractivity contribution >= 4 is 44.6 Å². The molecule has 0 radical (unpaired) electrons. The molecule has 0 saturated carbocycles. The molecule has 2 aliphatic rings. The lowest BCUT2D eigenvalue weighted by Crippen LogP contribution is -2.28. The molecular formula is C31H34NO5S+. The summed E-state index contributed by atoms with van der Waals surface area (Å²) < 4.78 is 39.4. The molecule has 1 aliphatic carbocycles. The van der Waals surface area contributed by atoms with Crippen LogP contribution < -0.4 is 5.63 Å². The highest BCUT2D eigenvalue weighted by atomic mass is 32.2. The van der Waals surface area contributed by atoms with Crippen molar-refractivity contribution in [2.45, 2.75) is 57.8 Å². The van der Waals surface area contributed by atoms with Crippen LogP contribution in [0.5, 0.6) is 0 Å². The van der Waals surface area contributed by atoms with Crippen LogP contribution in [-0.4, -0.2) is 35.6 Å². The maximum Gasteiger partial charge on any atom is 0.343 e. The minimum Gasteiger partial charge on any atom is -0.422 e. The first kappa shape index (κ1) is 26.3. The Hall–Kier alpha value is -3.29. The molecular weight excluding hydrogens is 498 g/mol. The highest BCUT2D eigenvalue weighted by Crippen LogP contribution is 2.40. The smallest absolute Gasteiger partial charge is 0.343 e. The number of hydrogen-bond acceptors (Lipinski definition) is 4. The highest BCUT2D eigenvalue weighted by molar-refractivity contribution is 7.85. The van der Waals surface area contributed by atoms with Gasteiger partial charge in [-0.3, -0.25) is 4.55 Å². The summed E-state index contributed by atoms with van der Waals surface area (Å²) in [5.74, 6) is -0.255. The van der Waals surface area contributed by atoms with Gasteiger partial charge in [0, 0.05) is 29.5 Å². The zero-order valence-corrected chi connectivity index (χ0v) is 22.8. The molecule has 2 aromatic carbocycles. The van der Waals surface area contributed by atoms with Crippen molar-refractivity contribution in [1.29, 1.82) is 0 Å². The Labute approximate surface area is 223 Å². The Bertz CT molecular complexity index is 1640. The molecule has 6 nitrogen and oxygen atoms in total. The lowest BCUT2D eigenvalue weighted by molar-refractivity contribution is -0.438. The van der Waals surface area contributed by atoms with Gasteiger partial charge in [0.2, 0.25) is 5.69 Å². The van der Waals surface area contributed by atoms with Crippen LogP contribution in [0.15, 0.2) is 63.8 Å². The van der Waals surface area contributed by atoms with Crippen molar-refractivity contribution < 1.29 is 22.0 Å². The number of fused-ring (bicyclic) bond motifs is 3. The van der Waals surface area contributed by atoms with Gasteiger partial charge in [-0.1, -0.05) is 30.4 Å². The highest BCUT2D eigenvalue weighted by Gasteiger charge is 2.43. The third-order valence-electron chi connectivity index (χ3n) is 7.64. The van der Waals surface area contributed by atoms with Crippen molar-refractivity contribution in [3.8, 4) is 0 Å². The molecule has 1 aliphatic heterocycles. The molecule has 0 amide bonds. The number of hydrogen-bond donors (Lipinski definition) is 1. The number of unbranched alkanes of at least 4 members (excludes halogenated alkanes) is 1. The maximum atomic E-state index is 13.0. The van der Waals surface area contributed by atoms with E-state index in [1.165, 1.54) is 17.5 Å². The van der Waals surface area contributed by atoms with Gasteiger partial charge in [0.05, 0.1) is 16.7 Å². The van der Waals surface area contributed by atoms with Crippen LogP contribution in [0.3, 0.4) is 0 Å². The molecule has 198 valence electrons. The van der Waals surface area contributed by atoms with E-state index >= 15 is 0 Å². The second kappa shape index (κ2) is 10.5. The predicted octanol–water partition coefficient (Wildman–Crippen LogP) is 6.29. The fourth-order valence-corrected chi connectivity index (χ4v) is 6.20. The van der Waals surface area contributed by atoms with Gasteiger partial charge in [0.1, 0.15) is 12.1 Å². The van der Waals surface area contributed by atoms with Gasteiger partial charge in [-0.2, -0.15) is 13.0 Å². The van der Waals surface area contributed by atoms with Gasteiger partial charge in [0.15, 0.2) is 5.71 Å². The summed E-state index contributed by atoms with van der Waals surface area (Å²) >= 11 is 0. The molecule has 3 aromatic rings. The van der Waals surface area contributed by atoms with Crippen LogP contribution in [0.25, 0.3) is 23.1 Å². The first-order chi connectivity index (χ1) is 18.1. The van der Waals surface area contributed by atoms with E-state index in [1.54, 1.807) is 0 Å². The Kier molecular flexibility index (Phi) is 7.25. The molecule has 7 heteroatoms. The average molecular weight is 533 g/mol. The summed E-state index contributed by atoms with van der Waals surface area (Å²) in [6, 6.07) is 14.2. The summed E-state index contributed by atoms with van der Waals surface area (Å²) in [6.07, 6.45) is 13.5. The van der Waals surface area contributed by atoms with Crippen LogP contribution in [0, 0.1) is 0 Å². The minimum atomic E-state index is -3.98. The monoisotopic (exact) mass is 532 g/mol. The van der Waals surface area contributed by atoms with Crippen molar-refractivity contribution in [2.24, 2.45) is 0 Å². The van der Waals surface area contributed by atoms with E-state index < -0.39 is 10.1 Å². The van der Waals surface area contributed by atoms with E-state index in [2.05, 4.69) is 48.8 Å². The van der Waals surface area contributed by atoms with Crippen molar-refractivity contribution in [3.05, 3.63) is 87.3 Å². The summed E-state index contributed by atoms with van der Waals surface area (Å²) in [5.41, 5.74) is 6.06. The first-order valence-electron chi connectivity index (χ1n) is 13.3. The van der Waals surface area contributed by atoms with E-state index in [1.807, 2.05) is 36.4 Å². The fraction of sp³-hybridized carbons (Fsp3) is 0.355. The van der Waals surface area contributed by atoms with E-state index in [4.69, 9.17) is 8.97 Å². The molecule has 1 aromatic heterocycles. The summed E-state index contributed by atoms with van der Waals surface area (Å²) in [4.78, 5) is 13.0. The van der Waals surface area contributed by atoms with Gasteiger partial charge in [-0.15, -0.1) is 0 Å². The standard InChI is InChI=1S/C31H33NO5S/c1-31(2)26-13-7-8-14-27(26)32(17-9-10-18-38(34,35)36)29(31)16-15-24-20-25-19-22-11-5-3-4-6-12-23(22)21-28(25)37-30(24)33/h6-8,12-16,19-21H,3-5,9-11,17-18H2,1-2H3/p+1. The van der Waals surface area contributed by atoms with Gasteiger partial charge in [0.25, 0.3) is 10.1 Å². The molecule has 0 fully saturated rings. The topological polar surface area (TPSA) is 87.6 Å². The lowest BCUT2D eigenvalue weighted by Gasteiger charge is -2.15. The third kappa shape index (κ3) is 5.45. The van der Waals surface area contributed by atoms with Gasteiger partial charge in [-0.25, -0.2) is 4.79 Å². The molecule has 38 heavy (non-hydrogen) atoms. The zero-order chi connectivity index (χ0) is 26.9. The molecule has 0 bridgehead atoms. The molecule has 0 atom stereocenters. The van der Waals surface area contributed by atoms with E-state index in [0.717, 1.165) is 41.6 Å². The Morgan fingerprint density at radius 2 is 1.89 bits per heavy atom. The second-order valence-corrected chi connectivity index (χ2v) is 12.3. The number of rotatable bonds is 7. The van der Waals surface area contributed by atoms with Crippen molar-refractivity contribution in [3.63, 3.8) is 0 Å². The summed E-state index contributed by atoms with van der Waals surface area (Å²) in [7, 11) is -3.98. The lowest BCUT2D eigenvalue weighted by atomic mass is 9.81. The summed E-state index contributed by atoms with van der Waals surface area (Å²) in [5, 5.41) is 0.915. The van der Waals surface area contributed by atoms with Crippen molar-refractivity contribution in [2.75, 3.05) is 12.3 Å². The number of aryl methyl sites for hydroxylation is 1. The third-order valence-corrected chi connectivity index (χ3v) is 8.44. The van der Waals surface area contributed by atoms with Crippen LogP contribution in [0.2, 0.25) is 0 Å². The Balaban J connectivity index is 1.51. The number of benzene rings is 2. The fourth-order valence-electron chi connectivity index (χ4n) is 5.63. The molecule has 0 spiro atoms. The van der Waals surface area contributed by atoms with Gasteiger partial charge >= 0.3 is 5.63 Å². The SMILES string of the molecule is CC1(C)C(C=Cc2cc3cc4c(cc3oc2=O)C=CCCCC4)=[N+](CCCCS(=O)(=O)O)c2ccccc21. The second-order valence-electron chi connectivity index (χ2n) is 10.7. The van der Waals surface area contributed by atoms with Crippen LogP contribution in [-0.2, 0) is 22.0 Å². The quantitative estimate of drug-likeness (QED) is 0.167. The average Bonchev–Trinajstić information content (AvgIpc) is 3.06. The molecule has 0 unspecified atom stereocenters. The molecule has 2 heterocycles. The van der Waals surface area contributed by atoms with Crippen molar-refractivity contribution in [1.82, 2.24) is 0 Å². The van der Waals surface area contributed by atoms with E-state index in [-0.39, 0.29) is 16.8 Å². The van der Waals surface area contributed by atoms with Crippen LogP contribution in [0.1, 0.15) is 68.2 Å². The molecule has 5 rings (SSSR count).